The molecular weight excluding hydrogens is 138 g/mol. The zero-order valence-electron chi connectivity index (χ0n) is 6.20. The van der Waals surface area contributed by atoms with E-state index in [0.29, 0.717) is 0 Å². The van der Waals surface area contributed by atoms with Crippen molar-refractivity contribution in [1.82, 2.24) is 5.32 Å². The zero-order valence-corrected chi connectivity index (χ0v) is 6.20. The second-order valence-corrected chi connectivity index (χ2v) is 3.05. The highest BCUT2D eigenvalue weighted by molar-refractivity contribution is 5.93. The molecule has 11 heavy (non-hydrogen) atoms. The molecule has 1 unspecified atom stereocenters. The molecular formula is C8H8N3+. The summed E-state index contributed by atoms with van der Waals surface area (Å²) in [5, 5.41) is 3.20. The maximum absolute atomic E-state index is 4.29. The molecule has 3 aliphatic heterocycles. The molecule has 0 aromatic heterocycles. The highest BCUT2D eigenvalue weighted by atomic mass is 15.5. The highest BCUT2D eigenvalue weighted by Gasteiger charge is 2.47. The molecule has 1 atom stereocenters. The average Bonchev–Trinajstić information content (AvgIpc) is 2.53. The molecule has 0 radical (unpaired) electrons. The molecule has 3 heteroatoms. The third-order valence-corrected chi connectivity index (χ3v) is 2.55. The summed E-state index contributed by atoms with van der Waals surface area (Å²) in [5.41, 5.74) is 1.27. The Morgan fingerprint density at radius 1 is 1.45 bits per heavy atom. The number of nitrogens with one attached hydrogen (secondary N) is 1. The van der Waals surface area contributed by atoms with Gasteiger partial charge in [-0.05, 0) is 0 Å². The summed E-state index contributed by atoms with van der Waals surface area (Å²) in [6.07, 6.45) is 8.09. The first-order valence-corrected chi connectivity index (χ1v) is 3.63. The van der Waals surface area contributed by atoms with Gasteiger partial charge in [-0.1, -0.05) is 0 Å². The van der Waals surface area contributed by atoms with Crippen molar-refractivity contribution in [3.8, 4) is 0 Å². The van der Waals surface area contributed by atoms with Crippen LogP contribution >= 0.6 is 0 Å². The van der Waals surface area contributed by atoms with Gasteiger partial charge in [0.2, 0.25) is 11.7 Å². The van der Waals surface area contributed by atoms with Crippen LogP contribution in [0, 0.1) is 0 Å². The average molecular weight is 146 g/mol. The third kappa shape index (κ3) is 0.382. The van der Waals surface area contributed by atoms with Crippen molar-refractivity contribution in [2.45, 2.75) is 0 Å². The quantitative estimate of drug-likeness (QED) is 0.499. The standard InChI is InChI=1S/C8H8N3/c1-11-6-2-3-7(11)10-5-8(11)9-4-6/h2-5,9H,1H3/q+1. The second kappa shape index (κ2) is 1.31. The summed E-state index contributed by atoms with van der Waals surface area (Å²) in [5.74, 6) is 2.26. The Labute approximate surface area is 64.6 Å². The van der Waals surface area contributed by atoms with Crippen LogP contribution in [0.5, 0.6) is 0 Å². The minimum Gasteiger partial charge on any atom is -0.310 e. The van der Waals surface area contributed by atoms with Gasteiger partial charge in [0.15, 0.2) is 5.70 Å². The van der Waals surface area contributed by atoms with Crippen LogP contribution in [0.3, 0.4) is 0 Å². The topological polar surface area (TPSA) is 24.4 Å². The van der Waals surface area contributed by atoms with Crippen LogP contribution in [-0.2, 0) is 0 Å². The summed E-state index contributed by atoms with van der Waals surface area (Å²) in [7, 11) is 2.14. The fourth-order valence-corrected chi connectivity index (χ4v) is 1.75. The Kier molecular flexibility index (Phi) is 0.634. The number of aliphatic imine (C=N–C) groups is 1. The van der Waals surface area contributed by atoms with Gasteiger partial charge in [-0.25, -0.2) is 0 Å². The van der Waals surface area contributed by atoms with Crippen LogP contribution in [0.1, 0.15) is 0 Å². The minimum absolute atomic E-state index is 0.750. The Hall–Kier alpha value is -1.35. The first-order chi connectivity index (χ1) is 5.32. The smallest absolute Gasteiger partial charge is 0.239 e. The molecule has 54 valence electrons. The summed E-state index contributed by atoms with van der Waals surface area (Å²) >= 11 is 0. The number of allylic oxidation sites excluding steroid dienone is 1. The van der Waals surface area contributed by atoms with Crippen LogP contribution in [0.15, 0.2) is 41.1 Å². The van der Waals surface area contributed by atoms with Gasteiger partial charge in [-0.2, -0.15) is 9.48 Å². The van der Waals surface area contributed by atoms with E-state index in [1.54, 1.807) is 0 Å². The molecule has 1 N–H and O–H groups in total. The molecule has 0 saturated heterocycles. The van der Waals surface area contributed by atoms with E-state index in [-0.39, 0.29) is 0 Å². The molecule has 0 spiro atoms. The van der Waals surface area contributed by atoms with E-state index in [2.05, 4.69) is 29.5 Å². The van der Waals surface area contributed by atoms with Crippen LogP contribution in [0.4, 0.5) is 0 Å². The van der Waals surface area contributed by atoms with Crippen molar-refractivity contribution in [2.75, 3.05) is 7.05 Å². The maximum Gasteiger partial charge on any atom is 0.239 e. The number of likely N-dealkylation sites (N-methyl/N-ethyl adjacent to an activating group) is 1. The van der Waals surface area contributed by atoms with Crippen molar-refractivity contribution in [3.05, 3.63) is 36.1 Å². The van der Waals surface area contributed by atoms with Crippen molar-refractivity contribution >= 4 is 5.84 Å². The van der Waals surface area contributed by atoms with Gasteiger partial charge in [-0.15, -0.1) is 0 Å². The predicted molar refractivity (Wildman–Crippen MR) is 42.1 cm³/mol. The Morgan fingerprint density at radius 2 is 2.36 bits per heavy atom. The molecule has 0 aromatic carbocycles. The van der Waals surface area contributed by atoms with Crippen molar-refractivity contribution < 1.29 is 4.48 Å². The fourth-order valence-electron chi connectivity index (χ4n) is 1.75. The summed E-state index contributed by atoms with van der Waals surface area (Å²) in [6.45, 7) is 0. The number of rotatable bonds is 0. The Balaban J connectivity index is 2.36. The van der Waals surface area contributed by atoms with E-state index in [9.17, 15) is 0 Å². The molecule has 3 nitrogen and oxygen atoms in total. The lowest BCUT2D eigenvalue weighted by atomic mass is 10.4. The first kappa shape index (κ1) is 5.32. The lowest BCUT2D eigenvalue weighted by Gasteiger charge is -2.21. The number of hydrogen-bond acceptors (Lipinski definition) is 2. The summed E-state index contributed by atoms with van der Waals surface area (Å²) in [4.78, 5) is 4.29. The molecule has 0 fully saturated rings. The SMILES string of the molecule is C[N+]12C3=CNC1=CN=C2C=C3. The van der Waals surface area contributed by atoms with Gasteiger partial charge in [0.1, 0.15) is 6.20 Å². The van der Waals surface area contributed by atoms with Crippen molar-refractivity contribution in [3.63, 3.8) is 0 Å². The van der Waals surface area contributed by atoms with Crippen molar-refractivity contribution in [2.24, 2.45) is 4.99 Å². The lowest BCUT2D eigenvalue weighted by molar-refractivity contribution is -0.724. The third-order valence-electron chi connectivity index (χ3n) is 2.55. The Morgan fingerprint density at radius 3 is 3.27 bits per heavy atom. The molecule has 0 saturated carbocycles. The van der Waals surface area contributed by atoms with E-state index in [1.165, 1.54) is 5.70 Å². The molecule has 3 rings (SSSR count). The predicted octanol–water partition coefficient (Wildman–Crippen LogP) is 0.658. The van der Waals surface area contributed by atoms with Crippen LogP contribution in [-0.4, -0.2) is 17.4 Å². The van der Waals surface area contributed by atoms with Crippen LogP contribution in [0.2, 0.25) is 0 Å². The van der Waals surface area contributed by atoms with E-state index in [4.69, 9.17) is 0 Å². The maximum atomic E-state index is 4.29. The molecule has 3 heterocycles. The highest BCUT2D eigenvalue weighted by Crippen LogP contribution is 2.36. The van der Waals surface area contributed by atoms with Gasteiger partial charge < -0.3 is 5.32 Å². The monoisotopic (exact) mass is 146 g/mol. The number of amidine groups is 1. The zero-order chi connectivity index (χ0) is 7.47. The number of quaternary nitrogens is 1. The van der Waals surface area contributed by atoms with Gasteiger partial charge in [0.25, 0.3) is 0 Å². The van der Waals surface area contributed by atoms with Gasteiger partial charge in [0.05, 0.1) is 13.2 Å². The number of hydrogen-bond donors (Lipinski definition) is 1. The van der Waals surface area contributed by atoms with Crippen LogP contribution < -0.4 is 5.32 Å². The van der Waals surface area contributed by atoms with E-state index < -0.39 is 0 Å². The molecule has 0 amide bonds. The van der Waals surface area contributed by atoms with E-state index in [0.717, 1.165) is 16.1 Å². The molecule has 0 bridgehead atoms. The summed E-state index contributed by atoms with van der Waals surface area (Å²) in [6, 6.07) is 0. The first-order valence-electron chi connectivity index (χ1n) is 3.63. The Bertz CT molecular complexity index is 360. The van der Waals surface area contributed by atoms with Gasteiger partial charge in [-0.3, -0.25) is 0 Å². The van der Waals surface area contributed by atoms with Crippen LogP contribution in [0.25, 0.3) is 0 Å². The fraction of sp³-hybridized carbons (Fsp3) is 0.125. The van der Waals surface area contributed by atoms with E-state index >= 15 is 0 Å². The molecule has 0 aliphatic carbocycles. The van der Waals surface area contributed by atoms with Gasteiger partial charge in [0, 0.05) is 12.2 Å². The summed E-state index contributed by atoms with van der Waals surface area (Å²) < 4.78 is 0.750. The molecule has 0 aromatic rings. The number of nitrogens with zero attached hydrogens (tertiary/aromatic N) is 2. The lowest BCUT2D eigenvalue weighted by Crippen LogP contribution is -2.39. The largest absolute Gasteiger partial charge is 0.310 e. The molecule has 3 aliphatic rings. The minimum atomic E-state index is 0.750. The second-order valence-electron chi connectivity index (χ2n) is 3.05. The van der Waals surface area contributed by atoms with E-state index in [1.807, 2.05) is 12.4 Å². The van der Waals surface area contributed by atoms with Gasteiger partial charge >= 0.3 is 0 Å². The van der Waals surface area contributed by atoms with Crippen molar-refractivity contribution in [1.29, 1.82) is 0 Å². The normalized spacial score (nSPS) is 36.3.